The van der Waals surface area contributed by atoms with Crippen LogP contribution in [-0.4, -0.2) is 24.7 Å². The molecule has 0 bridgehead atoms. The van der Waals surface area contributed by atoms with E-state index in [0.717, 1.165) is 12.0 Å². The lowest BCUT2D eigenvalue weighted by Crippen LogP contribution is -2.25. The van der Waals surface area contributed by atoms with Crippen molar-refractivity contribution in [1.82, 2.24) is 14.5 Å². The molecular formula is C14H19N3O2S. The van der Waals surface area contributed by atoms with Crippen molar-refractivity contribution in [2.45, 2.75) is 31.2 Å². The molecule has 0 amide bonds. The van der Waals surface area contributed by atoms with Gasteiger partial charge in [-0.2, -0.15) is 5.10 Å². The molecule has 1 heterocycles. The second kappa shape index (κ2) is 6.67. The summed E-state index contributed by atoms with van der Waals surface area (Å²) in [4.78, 5) is 0.314. The Morgan fingerprint density at radius 2 is 2.00 bits per heavy atom. The Hall–Kier alpha value is -1.66. The van der Waals surface area contributed by atoms with E-state index < -0.39 is 10.0 Å². The van der Waals surface area contributed by atoms with Gasteiger partial charge in [0.05, 0.1) is 4.90 Å². The van der Waals surface area contributed by atoms with Crippen molar-refractivity contribution in [2.24, 2.45) is 0 Å². The number of aryl methyl sites for hydroxylation is 2. The number of nitrogens with one attached hydrogen (secondary N) is 1. The normalized spacial score (nSPS) is 11.7. The molecule has 6 heteroatoms. The molecule has 0 spiro atoms. The minimum absolute atomic E-state index is 0.314. The minimum atomic E-state index is -3.41. The summed E-state index contributed by atoms with van der Waals surface area (Å²) in [6.45, 7) is 3.14. The van der Waals surface area contributed by atoms with Crippen LogP contribution >= 0.6 is 0 Å². The topological polar surface area (TPSA) is 64.0 Å². The van der Waals surface area contributed by atoms with E-state index in [1.54, 1.807) is 23.0 Å². The summed E-state index contributed by atoms with van der Waals surface area (Å²) in [5, 5.41) is 4.07. The van der Waals surface area contributed by atoms with Gasteiger partial charge < -0.3 is 0 Å². The second-order valence-electron chi connectivity index (χ2n) is 4.52. The Kier molecular flexibility index (Phi) is 4.92. The smallest absolute Gasteiger partial charge is 0.240 e. The lowest BCUT2D eigenvalue weighted by atomic mass is 10.2. The third-order valence-corrected chi connectivity index (χ3v) is 4.53. The Bertz CT molecular complexity index is 619. The Morgan fingerprint density at radius 3 is 2.60 bits per heavy atom. The van der Waals surface area contributed by atoms with Crippen LogP contribution in [0, 0.1) is 0 Å². The van der Waals surface area contributed by atoms with Crippen molar-refractivity contribution in [3.63, 3.8) is 0 Å². The van der Waals surface area contributed by atoms with E-state index in [1.807, 2.05) is 31.3 Å². The number of hydrogen-bond acceptors (Lipinski definition) is 3. The molecule has 0 saturated carbocycles. The van der Waals surface area contributed by atoms with Gasteiger partial charge in [-0.25, -0.2) is 13.1 Å². The zero-order chi connectivity index (χ0) is 14.4. The summed E-state index contributed by atoms with van der Waals surface area (Å²) in [5.41, 5.74) is 1.13. The lowest BCUT2D eigenvalue weighted by molar-refractivity contribution is 0.553. The molecule has 0 aliphatic rings. The van der Waals surface area contributed by atoms with Gasteiger partial charge >= 0.3 is 0 Å². The largest absolute Gasteiger partial charge is 0.273 e. The first-order valence-electron chi connectivity index (χ1n) is 6.68. The molecule has 0 unspecified atom stereocenters. The van der Waals surface area contributed by atoms with Crippen LogP contribution in [0.15, 0.2) is 47.6 Å². The summed E-state index contributed by atoms with van der Waals surface area (Å²) in [6, 6.07) is 8.83. The first-order chi connectivity index (χ1) is 9.62. The monoisotopic (exact) mass is 293 g/mol. The van der Waals surface area contributed by atoms with Gasteiger partial charge in [0.1, 0.15) is 0 Å². The molecule has 0 aliphatic carbocycles. The van der Waals surface area contributed by atoms with Gasteiger partial charge in [-0.05, 0) is 36.6 Å². The third kappa shape index (κ3) is 3.91. The fourth-order valence-electron chi connectivity index (χ4n) is 1.87. The van der Waals surface area contributed by atoms with Gasteiger partial charge in [0.15, 0.2) is 0 Å². The maximum absolute atomic E-state index is 12.1. The highest BCUT2D eigenvalue weighted by molar-refractivity contribution is 7.89. The highest BCUT2D eigenvalue weighted by Crippen LogP contribution is 2.10. The van der Waals surface area contributed by atoms with E-state index in [4.69, 9.17) is 0 Å². The van der Waals surface area contributed by atoms with Crippen LogP contribution in [0.3, 0.4) is 0 Å². The molecule has 0 aliphatic heterocycles. The summed E-state index contributed by atoms with van der Waals surface area (Å²) < 4.78 is 28.5. The van der Waals surface area contributed by atoms with Crippen LogP contribution in [0.25, 0.3) is 0 Å². The number of aromatic nitrogens is 2. The van der Waals surface area contributed by atoms with E-state index in [2.05, 4.69) is 9.82 Å². The van der Waals surface area contributed by atoms with Crippen LogP contribution in [0.5, 0.6) is 0 Å². The third-order valence-electron chi connectivity index (χ3n) is 3.06. The average Bonchev–Trinajstić information content (AvgIpc) is 2.97. The van der Waals surface area contributed by atoms with Crippen LogP contribution < -0.4 is 4.72 Å². The number of sulfonamides is 1. The maximum atomic E-state index is 12.1. The standard InChI is InChI=1S/C14H19N3O2S/c1-2-13-5-7-14(8-6-13)20(18,19)16-10-4-12-17-11-3-9-15-17/h3,5-9,11,16H,2,4,10,12H2,1H3. The molecular weight excluding hydrogens is 274 g/mol. The van der Waals surface area contributed by atoms with E-state index in [1.165, 1.54) is 0 Å². The van der Waals surface area contributed by atoms with Gasteiger partial charge in [0.2, 0.25) is 10.0 Å². The zero-order valence-electron chi connectivity index (χ0n) is 11.5. The Balaban J connectivity index is 1.86. The van der Waals surface area contributed by atoms with Crippen LogP contribution in [0.2, 0.25) is 0 Å². The van der Waals surface area contributed by atoms with Crippen molar-refractivity contribution in [2.75, 3.05) is 6.54 Å². The highest BCUT2D eigenvalue weighted by atomic mass is 32.2. The predicted molar refractivity (Wildman–Crippen MR) is 77.9 cm³/mol. The van der Waals surface area contributed by atoms with E-state index >= 15 is 0 Å². The summed E-state index contributed by atoms with van der Waals surface area (Å²) >= 11 is 0. The molecule has 2 aromatic rings. The average molecular weight is 293 g/mol. The zero-order valence-corrected chi connectivity index (χ0v) is 12.3. The van der Waals surface area contributed by atoms with Crippen molar-refractivity contribution in [1.29, 1.82) is 0 Å². The predicted octanol–water partition coefficient (Wildman–Crippen LogP) is 1.81. The Labute approximate surface area is 119 Å². The van der Waals surface area contributed by atoms with Crippen molar-refractivity contribution in [3.8, 4) is 0 Å². The molecule has 0 atom stereocenters. The molecule has 1 aromatic carbocycles. The first kappa shape index (κ1) is 14.7. The van der Waals surface area contributed by atoms with Crippen molar-refractivity contribution >= 4 is 10.0 Å². The number of nitrogens with zero attached hydrogens (tertiary/aromatic N) is 2. The molecule has 20 heavy (non-hydrogen) atoms. The van der Waals surface area contributed by atoms with Gasteiger partial charge in [0, 0.05) is 25.5 Å². The molecule has 0 fully saturated rings. The van der Waals surface area contributed by atoms with Gasteiger partial charge in [0.25, 0.3) is 0 Å². The number of hydrogen-bond donors (Lipinski definition) is 1. The van der Waals surface area contributed by atoms with E-state index in [0.29, 0.717) is 24.4 Å². The number of rotatable bonds is 7. The fraction of sp³-hybridized carbons (Fsp3) is 0.357. The summed E-state index contributed by atoms with van der Waals surface area (Å²) in [5.74, 6) is 0. The molecule has 1 aromatic heterocycles. The highest BCUT2D eigenvalue weighted by Gasteiger charge is 2.12. The van der Waals surface area contributed by atoms with Gasteiger partial charge in [-0.3, -0.25) is 4.68 Å². The fourth-order valence-corrected chi connectivity index (χ4v) is 2.94. The summed E-state index contributed by atoms with van der Waals surface area (Å²) in [7, 11) is -3.41. The Morgan fingerprint density at radius 1 is 1.25 bits per heavy atom. The van der Waals surface area contributed by atoms with Gasteiger partial charge in [-0.1, -0.05) is 19.1 Å². The van der Waals surface area contributed by atoms with Crippen LogP contribution in [0.1, 0.15) is 18.9 Å². The molecule has 0 radical (unpaired) electrons. The summed E-state index contributed by atoms with van der Waals surface area (Å²) in [6.07, 6.45) is 5.17. The molecule has 1 N–H and O–H groups in total. The second-order valence-corrected chi connectivity index (χ2v) is 6.28. The van der Waals surface area contributed by atoms with Crippen molar-refractivity contribution in [3.05, 3.63) is 48.3 Å². The first-order valence-corrected chi connectivity index (χ1v) is 8.16. The quantitative estimate of drug-likeness (QED) is 0.792. The van der Waals surface area contributed by atoms with Crippen LogP contribution in [0.4, 0.5) is 0 Å². The van der Waals surface area contributed by atoms with Crippen LogP contribution in [-0.2, 0) is 23.0 Å². The molecule has 0 saturated heterocycles. The molecule has 5 nitrogen and oxygen atoms in total. The SMILES string of the molecule is CCc1ccc(S(=O)(=O)NCCCn2cccn2)cc1. The maximum Gasteiger partial charge on any atom is 0.240 e. The molecule has 2 rings (SSSR count). The van der Waals surface area contributed by atoms with E-state index in [9.17, 15) is 8.42 Å². The lowest BCUT2D eigenvalue weighted by Gasteiger charge is -2.07. The van der Waals surface area contributed by atoms with E-state index in [-0.39, 0.29) is 0 Å². The number of benzene rings is 1. The van der Waals surface area contributed by atoms with Crippen molar-refractivity contribution < 1.29 is 8.42 Å². The van der Waals surface area contributed by atoms with Gasteiger partial charge in [-0.15, -0.1) is 0 Å². The minimum Gasteiger partial charge on any atom is -0.273 e. The molecule has 108 valence electrons.